The summed E-state index contributed by atoms with van der Waals surface area (Å²) in [6, 6.07) is 9.76. The van der Waals surface area contributed by atoms with Crippen LogP contribution in [-0.4, -0.2) is 17.3 Å². The lowest BCUT2D eigenvalue weighted by molar-refractivity contribution is -0.116. The molecule has 0 aliphatic heterocycles. The van der Waals surface area contributed by atoms with E-state index >= 15 is 0 Å². The molecule has 106 valence electrons. The van der Waals surface area contributed by atoms with Gasteiger partial charge in [0.2, 0.25) is 0 Å². The van der Waals surface area contributed by atoms with Crippen LogP contribution in [0.4, 0.5) is 5.69 Å². The number of nitrogens with zero attached hydrogens (tertiary/aromatic N) is 1. The van der Waals surface area contributed by atoms with Gasteiger partial charge in [-0.3, -0.25) is 4.79 Å². The summed E-state index contributed by atoms with van der Waals surface area (Å²) in [4.78, 5) is 16.5. The Morgan fingerprint density at radius 2 is 1.95 bits per heavy atom. The maximum absolute atomic E-state index is 11.9. The molecule has 1 aromatic heterocycles. The second-order valence-corrected chi connectivity index (χ2v) is 6.75. The monoisotopic (exact) mass is 288 g/mol. The van der Waals surface area contributed by atoms with Crippen molar-refractivity contribution in [2.75, 3.05) is 11.9 Å². The van der Waals surface area contributed by atoms with Crippen LogP contribution in [0, 0.1) is 0 Å². The summed E-state index contributed by atoms with van der Waals surface area (Å²) in [6.45, 7) is 6.73. The highest BCUT2D eigenvalue weighted by molar-refractivity contribution is 7.09. The highest BCUT2D eigenvalue weighted by Crippen LogP contribution is 2.24. The fourth-order valence-corrected chi connectivity index (χ4v) is 2.77. The zero-order valence-corrected chi connectivity index (χ0v) is 13.0. The predicted molar refractivity (Wildman–Crippen MR) is 84.5 cm³/mol. The van der Waals surface area contributed by atoms with Gasteiger partial charge in [-0.05, 0) is 12.1 Å². The summed E-state index contributed by atoms with van der Waals surface area (Å²) in [5.74, 6) is 0.156. The molecule has 0 aliphatic rings. The van der Waals surface area contributed by atoms with Crippen LogP contribution in [0.1, 0.15) is 31.5 Å². The maximum atomic E-state index is 11.9. The Balaban J connectivity index is 1.87. The maximum Gasteiger partial charge on any atom is 0.158 e. The van der Waals surface area contributed by atoms with E-state index in [2.05, 4.69) is 31.1 Å². The number of hydrogen-bond acceptors (Lipinski definition) is 4. The molecule has 0 aliphatic carbocycles. The summed E-state index contributed by atoms with van der Waals surface area (Å²) in [6.07, 6.45) is 0.403. The first kappa shape index (κ1) is 14.7. The topological polar surface area (TPSA) is 42.0 Å². The number of hydrogen-bond donors (Lipinski definition) is 1. The average molecular weight is 288 g/mol. The second kappa shape index (κ2) is 6.18. The molecule has 0 atom stereocenters. The van der Waals surface area contributed by atoms with Crippen LogP contribution in [0.5, 0.6) is 0 Å². The van der Waals surface area contributed by atoms with E-state index in [9.17, 15) is 4.79 Å². The van der Waals surface area contributed by atoms with Crippen molar-refractivity contribution in [1.29, 1.82) is 0 Å². The van der Waals surface area contributed by atoms with Gasteiger partial charge >= 0.3 is 0 Å². The first-order valence-corrected chi connectivity index (χ1v) is 7.58. The number of carbonyl (C=O) groups is 1. The van der Waals surface area contributed by atoms with Crippen LogP contribution in [0.3, 0.4) is 0 Å². The molecule has 0 radical (unpaired) electrons. The zero-order valence-electron chi connectivity index (χ0n) is 12.1. The largest absolute Gasteiger partial charge is 0.378 e. The Labute approximate surface area is 124 Å². The van der Waals surface area contributed by atoms with E-state index in [1.807, 2.05) is 35.7 Å². The van der Waals surface area contributed by atoms with Crippen molar-refractivity contribution in [2.24, 2.45) is 0 Å². The van der Waals surface area contributed by atoms with Crippen LogP contribution in [0.25, 0.3) is 0 Å². The number of nitrogens with one attached hydrogen (secondary N) is 1. The highest BCUT2D eigenvalue weighted by Gasteiger charge is 2.18. The molecular formula is C16H20N2OS. The number of Topliss-reactive ketones (excluding diaryl/α,β-unsaturated/α-hetero) is 1. The van der Waals surface area contributed by atoms with Gasteiger partial charge in [-0.1, -0.05) is 39.0 Å². The number of thiazole rings is 1. The van der Waals surface area contributed by atoms with Crippen molar-refractivity contribution in [3.8, 4) is 0 Å². The normalized spacial score (nSPS) is 11.3. The van der Waals surface area contributed by atoms with Crippen LogP contribution in [0.2, 0.25) is 0 Å². The Kier molecular flexibility index (Phi) is 4.55. The predicted octanol–water partition coefficient (Wildman–Crippen LogP) is 3.66. The van der Waals surface area contributed by atoms with E-state index in [1.165, 1.54) is 0 Å². The summed E-state index contributed by atoms with van der Waals surface area (Å²) in [5.41, 5.74) is 2.07. The molecule has 4 heteroatoms. The van der Waals surface area contributed by atoms with Gasteiger partial charge in [0.05, 0.1) is 18.7 Å². The SMILES string of the molecule is CC(C)(C)c1csc(CC(=O)CNc2ccccc2)n1. The standard InChI is InChI=1S/C16H20N2OS/c1-16(2,3)14-11-20-15(18-14)9-13(19)10-17-12-7-5-4-6-8-12/h4-8,11,17H,9-10H2,1-3H3. The minimum atomic E-state index is 0.0418. The Bertz CT molecular complexity index is 570. The van der Waals surface area contributed by atoms with Crippen molar-refractivity contribution >= 4 is 22.8 Å². The van der Waals surface area contributed by atoms with Gasteiger partial charge in [0, 0.05) is 16.5 Å². The van der Waals surface area contributed by atoms with E-state index in [0.29, 0.717) is 13.0 Å². The van der Waals surface area contributed by atoms with Gasteiger partial charge in [0.15, 0.2) is 5.78 Å². The molecule has 1 aromatic carbocycles. The number of rotatable bonds is 5. The number of para-hydroxylation sites is 1. The van der Waals surface area contributed by atoms with Crippen molar-refractivity contribution < 1.29 is 4.79 Å². The quantitative estimate of drug-likeness (QED) is 0.913. The number of benzene rings is 1. The molecule has 0 fully saturated rings. The molecule has 1 N–H and O–H groups in total. The molecule has 0 saturated heterocycles. The third-order valence-corrected chi connectivity index (χ3v) is 3.78. The van der Waals surface area contributed by atoms with Crippen LogP contribution in [0.15, 0.2) is 35.7 Å². The van der Waals surface area contributed by atoms with Crippen molar-refractivity contribution in [3.05, 3.63) is 46.4 Å². The number of aromatic nitrogens is 1. The first-order chi connectivity index (χ1) is 9.45. The van der Waals surface area contributed by atoms with E-state index in [0.717, 1.165) is 16.4 Å². The molecule has 20 heavy (non-hydrogen) atoms. The smallest absolute Gasteiger partial charge is 0.158 e. The Hall–Kier alpha value is -1.68. The average Bonchev–Trinajstić information content (AvgIpc) is 2.86. The number of ketones is 1. The molecule has 0 spiro atoms. The van der Waals surface area contributed by atoms with Crippen LogP contribution < -0.4 is 5.32 Å². The summed E-state index contributed by atoms with van der Waals surface area (Å²) in [7, 11) is 0. The molecule has 0 bridgehead atoms. The lowest BCUT2D eigenvalue weighted by atomic mass is 9.93. The lowest BCUT2D eigenvalue weighted by Gasteiger charge is -2.14. The third kappa shape index (κ3) is 4.17. The van der Waals surface area contributed by atoms with Crippen molar-refractivity contribution in [1.82, 2.24) is 4.98 Å². The minimum absolute atomic E-state index is 0.0418. The van der Waals surface area contributed by atoms with E-state index in [1.54, 1.807) is 11.3 Å². The third-order valence-electron chi connectivity index (χ3n) is 2.93. The summed E-state index contributed by atoms with van der Waals surface area (Å²) >= 11 is 1.57. The summed E-state index contributed by atoms with van der Waals surface area (Å²) < 4.78 is 0. The molecule has 0 unspecified atom stereocenters. The van der Waals surface area contributed by atoms with Crippen LogP contribution >= 0.6 is 11.3 Å². The van der Waals surface area contributed by atoms with Gasteiger partial charge in [0.1, 0.15) is 5.01 Å². The second-order valence-electron chi connectivity index (χ2n) is 5.81. The van der Waals surface area contributed by atoms with E-state index in [4.69, 9.17) is 0 Å². The lowest BCUT2D eigenvalue weighted by Crippen LogP contribution is -2.16. The molecule has 0 saturated carbocycles. The fourth-order valence-electron chi connectivity index (χ4n) is 1.72. The molecule has 3 nitrogen and oxygen atoms in total. The molecule has 2 rings (SSSR count). The van der Waals surface area contributed by atoms with E-state index in [-0.39, 0.29) is 11.2 Å². The fraction of sp³-hybridized carbons (Fsp3) is 0.375. The van der Waals surface area contributed by atoms with Crippen molar-refractivity contribution in [2.45, 2.75) is 32.6 Å². The number of carbonyl (C=O) groups excluding carboxylic acids is 1. The van der Waals surface area contributed by atoms with Gasteiger partial charge in [-0.25, -0.2) is 4.98 Å². The zero-order chi connectivity index (χ0) is 14.6. The van der Waals surface area contributed by atoms with Crippen molar-refractivity contribution in [3.63, 3.8) is 0 Å². The number of anilines is 1. The van der Waals surface area contributed by atoms with Gasteiger partial charge in [0.25, 0.3) is 0 Å². The van der Waals surface area contributed by atoms with Gasteiger partial charge in [-0.15, -0.1) is 11.3 Å². The first-order valence-electron chi connectivity index (χ1n) is 6.70. The van der Waals surface area contributed by atoms with Gasteiger partial charge in [-0.2, -0.15) is 0 Å². The summed E-state index contributed by atoms with van der Waals surface area (Å²) in [5, 5.41) is 6.08. The molecular weight excluding hydrogens is 268 g/mol. The highest BCUT2D eigenvalue weighted by atomic mass is 32.1. The van der Waals surface area contributed by atoms with Gasteiger partial charge < -0.3 is 5.32 Å². The Morgan fingerprint density at radius 3 is 2.55 bits per heavy atom. The van der Waals surface area contributed by atoms with Crippen LogP contribution in [-0.2, 0) is 16.6 Å². The molecule has 0 amide bonds. The molecule has 1 heterocycles. The molecule has 2 aromatic rings. The van der Waals surface area contributed by atoms with E-state index < -0.39 is 0 Å². The minimum Gasteiger partial charge on any atom is -0.378 e. The Morgan fingerprint density at radius 1 is 1.25 bits per heavy atom.